The Kier molecular flexibility index (Phi) is 6.23. The summed E-state index contributed by atoms with van der Waals surface area (Å²) in [5, 5.41) is 4.09. The van der Waals surface area contributed by atoms with Gasteiger partial charge in [-0.05, 0) is 55.5 Å². The van der Waals surface area contributed by atoms with E-state index >= 15 is 0 Å². The maximum Gasteiger partial charge on any atom is 0.235 e. The highest BCUT2D eigenvalue weighted by atomic mass is 16.5. The first-order valence-electron chi connectivity index (χ1n) is 11.0. The normalized spacial score (nSPS) is 15.7. The van der Waals surface area contributed by atoms with Crippen LogP contribution in [0.2, 0.25) is 0 Å². The number of benzene rings is 2. The van der Waals surface area contributed by atoms with Gasteiger partial charge in [-0.3, -0.25) is 9.78 Å². The number of anilines is 1. The number of nitrogens with zero attached hydrogens (tertiary/aromatic N) is 1. The van der Waals surface area contributed by atoms with Crippen LogP contribution < -0.4 is 10.1 Å². The summed E-state index contributed by atoms with van der Waals surface area (Å²) in [5.41, 5.74) is 3.13. The third-order valence-electron chi connectivity index (χ3n) is 5.94. The van der Waals surface area contributed by atoms with Gasteiger partial charge >= 0.3 is 0 Å². The molecule has 5 heteroatoms. The van der Waals surface area contributed by atoms with E-state index < -0.39 is 5.41 Å². The molecule has 31 heavy (non-hydrogen) atoms. The molecule has 5 nitrogen and oxygen atoms in total. The Morgan fingerprint density at radius 2 is 1.87 bits per heavy atom. The Morgan fingerprint density at radius 3 is 2.58 bits per heavy atom. The van der Waals surface area contributed by atoms with Crippen molar-refractivity contribution >= 4 is 22.5 Å². The Morgan fingerprint density at radius 1 is 1.13 bits per heavy atom. The van der Waals surface area contributed by atoms with Gasteiger partial charge in [-0.15, -0.1) is 0 Å². The first-order chi connectivity index (χ1) is 15.0. The molecule has 3 aromatic rings. The molecule has 1 aliphatic rings. The number of pyridine rings is 1. The van der Waals surface area contributed by atoms with E-state index in [0.717, 1.165) is 27.9 Å². The molecular formula is C26H30N2O3. The van der Waals surface area contributed by atoms with Gasteiger partial charge in [0, 0.05) is 24.8 Å². The fraction of sp³-hybridized carbons (Fsp3) is 0.385. The van der Waals surface area contributed by atoms with Crippen LogP contribution in [0, 0.1) is 12.8 Å². The molecule has 0 spiro atoms. The highest BCUT2D eigenvalue weighted by Crippen LogP contribution is 2.38. The van der Waals surface area contributed by atoms with Crippen molar-refractivity contribution in [3.05, 3.63) is 65.9 Å². The number of aryl methyl sites for hydroxylation is 1. The highest BCUT2D eigenvalue weighted by molar-refractivity contribution is 6.06. The Balaban J connectivity index is 1.68. The average molecular weight is 419 g/mol. The van der Waals surface area contributed by atoms with Crippen LogP contribution in [0.3, 0.4) is 0 Å². The molecular weight excluding hydrogens is 388 g/mol. The van der Waals surface area contributed by atoms with Crippen molar-refractivity contribution in [2.75, 3.05) is 25.1 Å². The minimum Gasteiger partial charge on any atom is -0.491 e. The molecule has 0 radical (unpaired) electrons. The number of hydrogen-bond donors (Lipinski definition) is 1. The SMILES string of the molecule is Cc1ccc(C2(C(=O)Nc3ccc(OCC(C)C)c4ncccc34)CCOCC2)cc1. The van der Waals surface area contributed by atoms with Crippen molar-refractivity contribution in [2.24, 2.45) is 5.92 Å². The van der Waals surface area contributed by atoms with E-state index in [2.05, 4.69) is 55.3 Å². The van der Waals surface area contributed by atoms with Gasteiger partial charge in [0.2, 0.25) is 5.91 Å². The van der Waals surface area contributed by atoms with Gasteiger partial charge in [0.05, 0.1) is 17.7 Å². The molecule has 1 N–H and O–H groups in total. The highest BCUT2D eigenvalue weighted by Gasteiger charge is 2.41. The van der Waals surface area contributed by atoms with Crippen molar-refractivity contribution < 1.29 is 14.3 Å². The lowest BCUT2D eigenvalue weighted by atomic mass is 9.73. The number of rotatable bonds is 6. The van der Waals surface area contributed by atoms with Crippen molar-refractivity contribution in [1.29, 1.82) is 0 Å². The summed E-state index contributed by atoms with van der Waals surface area (Å²) in [4.78, 5) is 18.2. The zero-order valence-electron chi connectivity index (χ0n) is 18.5. The number of hydrogen-bond acceptors (Lipinski definition) is 4. The van der Waals surface area contributed by atoms with Gasteiger partial charge < -0.3 is 14.8 Å². The van der Waals surface area contributed by atoms with E-state index in [1.54, 1.807) is 6.20 Å². The molecule has 1 saturated heterocycles. The van der Waals surface area contributed by atoms with E-state index in [-0.39, 0.29) is 5.91 Å². The van der Waals surface area contributed by atoms with E-state index in [9.17, 15) is 4.79 Å². The molecule has 162 valence electrons. The van der Waals surface area contributed by atoms with Crippen LogP contribution in [0.25, 0.3) is 10.9 Å². The van der Waals surface area contributed by atoms with Crippen LogP contribution in [0.5, 0.6) is 5.75 Å². The predicted molar refractivity (Wildman–Crippen MR) is 124 cm³/mol. The quantitative estimate of drug-likeness (QED) is 0.593. The van der Waals surface area contributed by atoms with Crippen LogP contribution in [0.4, 0.5) is 5.69 Å². The molecule has 0 atom stereocenters. The van der Waals surface area contributed by atoms with Crippen molar-refractivity contribution in [1.82, 2.24) is 4.98 Å². The molecule has 1 fully saturated rings. The lowest BCUT2D eigenvalue weighted by Crippen LogP contribution is -2.44. The number of ether oxygens (including phenoxy) is 2. The summed E-state index contributed by atoms with van der Waals surface area (Å²) < 4.78 is 11.6. The molecule has 1 amide bonds. The molecule has 0 bridgehead atoms. The molecule has 0 saturated carbocycles. The van der Waals surface area contributed by atoms with Gasteiger partial charge in [-0.2, -0.15) is 0 Å². The summed E-state index contributed by atoms with van der Waals surface area (Å²) in [6.07, 6.45) is 3.07. The summed E-state index contributed by atoms with van der Waals surface area (Å²) in [6.45, 7) is 8.05. The second kappa shape index (κ2) is 9.06. The van der Waals surface area contributed by atoms with Crippen molar-refractivity contribution in [2.45, 2.75) is 39.0 Å². The van der Waals surface area contributed by atoms with Crippen LogP contribution in [0.15, 0.2) is 54.7 Å². The largest absolute Gasteiger partial charge is 0.491 e. The number of amides is 1. The molecule has 4 rings (SSSR count). The minimum atomic E-state index is -0.604. The number of aromatic nitrogens is 1. The predicted octanol–water partition coefficient (Wildman–Crippen LogP) is 5.26. The van der Waals surface area contributed by atoms with E-state index in [1.807, 2.05) is 24.3 Å². The van der Waals surface area contributed by atoms with Crippen LogP contribution >= 0.6 is 0 Å². The van der Waals surface area contributed by atoms with E-state index in [4.69, 9.17) is 9.47 Å². The van der Waals surface area contributed by atoms with Crippen LogP contribution in [-0.2, 0) is 14.9 Å². The number of fused-ring (bicyclic) bond motifs is 1. The van der Waals surface area contributed by atoms with Gasteiger partial charge in [-0.25, -0.2) is 0 Å². The Labute approximate surface area is 183 Å². The minimum absolute atomic E-state index is 0.000606. The average Bonchev–Trinajstić information content (AvgIpc) is 2.79. The lowest BCUT2D eigenvalue weighted by Gasteiger charge is -2.36. The van der Waals surface area contributed by atoms with Crippen molar-refractivity contribution in [3.63, 3.8) is 0 Å². The molecule has 1 aromatic heterocycles. The van der Waals surface area contributed by atoms with Gasteiger partial charge in [-0.1, -0.05) is 43.7 Å². The van der Waals surface area contributed by atoms with Gasteiger partial charge in [0.25, 0.3) is 0 Å². The number of carbonyl (C=O) groups excluding carboxylic acids is 1. The maximum absolute atomic E-state index is 13.7. The first-order valence-corrected chi connectivity index (χ1v) is 11.0. The van der Waals surface area contributed by atoms with E-state index in [1.165, 1.54) is 5.56 Å². The Hall–Kier alpha value is -2.92. The van der Waals surface area contributed by atoms with E-state index in [0.29, 0.717) is 38.6 Å². The van der Waals surface area contributed by atoms with Crippen molar-refractivity contribution in [3.8, 4) is 5.75 Å². The first kappa shape index (κ1) is 21.3. The topological polar surface area (TPSA) is 60.5 Å². The zero-order chi connectivity index (χ0) is 21.8. The van der Waals surface area contributed by atoms with Gasteiger partial charge in [0.15, 0.2) is 0 Å². The summed E-state index contributed by atoms with van der Waals surface area (Å²) in [6, 6.07) is 16.0. The van der Waals surface area contributed by atoms with Gasteiger partial charge in [0.1, 0.15) is 11.3 Å². The number of nitrogens with one attached hydrogen (secondary N) is 1. The smallest absolute Gasteiger partial charge is 0.235 e. The van der Waals surface area contributed by atoms with Crippen LogP contribution in [0.1, 0.15) is 37.8 Å². The molecule has 2 aromatic carbocycles. The number of carbonyl (C=O) groups is 1. The molecule has 2 heterocycles. The fourth-order valence-corrected chi connectivity index (χ4v) is 4.11. The maximum atomic E-state index is 13.7. The third-order valence-corrected chi connectivity index (χ3v) is 5.94. The zero-order valence-corrected chi connectivity index (χ0v) is 18.5. The van der Waals surface area contributed by atoms with Crippen LogP contribution in [-0.4, -0.2) is 30.7 Å². The standard InChI is InChI=1S/C26H30N2O3/c1-18(2)17-31-23-11-10-22(21-5-4-14-27-24(21)23)28-25(29)26(12-15-30-16-13-26)20-8-6-19(3)7-9-20/h4-11,14,18H,12-13,15-17H2,1-3H3,(H,28,29). The summed E-state index contributed by atoms with van der Waals surface area (Å²) in [5.74, 6) is 1.16. The lowest BCUT2D eigenvalue weighted by molar-refractivity contribution is -0.125. The second-order valence-electron chi connectivity index (χ2n) is 8.73. The summed E-state index contributed by atoms with van der Waals surface area (Å²) >= 11 is 0. The molecule has 0 aliphatic carbocycles. The third kappa shape index (κ3) is 4.42. The second-order valence-corrected chi connectivity index (χ2v) is 8.73. The Bertz CT molecular complexity index is 1050. The monoisotopic (exact) mass is 418 g/mol. The summed E-state index contributed by atoms with van der Waals surface area (Å²) in [7, 11) is 0. The fourth-order valence-electron chi connectivity index (χ4n) is 4.11. The molecule has 1 aliphatic heterocycles. The molecule has 0 unspecified atom stereocenters.